The van der Waals surface area contributed by atoms with Gasteiger partial charge in [0.25, 0.3) is 0 Å². The number of hydrogen-bond acceptors (Lipinski definition) is 9. The van der Waals surface area contributed by atoms with Crippen LogP contribution in [0.4, 0.5) is 5.95 Å². The molecular weight excluding hydrogens is 408 g/mol. The quantitative estimate of drug-likeness (QED) is 0.481. The van der Waals surface area contributed by atoms with E-state index in [1.165, 1.54) is 12.8 Å². The third-order valence-corrected chi connectivity index (χ3v) is 5.53. The summed E-state index contributed by atoms with van der Waals surface area (Å²) >= 11 is 0. The third-order valence-electron chi connectivity index (χ3n) is 5.53. The largest absolute Gasteiger partial charge is 0.378 e. The lowest BCUT2D eigenvalue weighted by molar-refractivity contribution is 0.122. The van der Waals surface area contributed by atoms with E-state index in [9.17, 15) is 0 Å². The number of rotatable bonds is 3. The lowest BCUT2D eigenvalue weighted by Crippen LogP contribution is -2.37. The zero-order valence-corrected chi connectivity index (χ0v) is 18.5. The van der Waals surface area contributed by atoms with Gasteiger partial charge in [0.1, 0.15) is 11.2 Å². The first kappa shape index (κ1) is 20.5. The van der Waals surface area contributed by atoms with Crippen LogP contribution in [-0.4, -0.2) is 61.2 Å². The van der Waals surface area contributed by atoms with Gasteiger partial charge in [-0.05, 0) is 39.7 Å². The SMILES string of the molecule is Cc1cc(-c2nc(N3CCOCC3)nc3nc(C)c(C)nc23)on1.c1cnn(C2CC2)c1. The Morgan fingerprint density at radius 2 is 1.75 bits per heavy atom. The first-order chi connectivity index (χ1) is 15.6. The van der Waals surface area contributed by atoms with Crippen LogP contribution >= 0.6 is 0 Å². The molecule has 4 aromatic rings. The zero-order chi connectivity index (χ0) is 22.1. The molecule has 0 N–H and O–H groups in total. The van der Waals surface area contributed by atoms with Crippen LogP contribution in [0, 0.1) is 20.8 Å². The van der Waals surface area contributed by atoms with Crippen molar-refractivity contribution in [2.24, 2.45) is 0 Å². The summed E-state index contributed by atoms with van der Waals surface area (Å²) in [5.41, 5.74) is 4.32. The first-order valence-electron chi connectivity index (χ1n) is 10.9. The van der Waals surface area contributed by atoms with Crippen LogP contribution in [0.3, 0.4) is 0 Å². The Bertz CT molecular complexity index is 1210. The number of aromatic nitrogens is 7. The highest BCUT2D eigenvalue weighted by Gasteiger charge is 2.23. The molecule has 2 aliphatic rings. The molecule has 166 valence electrons. The van der Waals surface area contributed by atoms with E-state index in [4.69, 9.17) is 14.2 Å². The van der Waals surface area contributed by atoms with Crippen LogP contribution < -0.4 is 4.90 Å². The molecule has 0 spiro atoms. The van der Waals surface area contributed by atoms with Crippen molar-refractivity contribution in [1.29, 1.82) is 0 Å². The van der Waals surface area contributed by atoms with Gasteiger partial charge >= 0.3 is 0 Å². The van der Waals surface area contributed by atoms with E-state index in [0.29, 0.717) is 41.8 Å². The van der Waals surface area contributed by atoms with Crippen molar-refractivity contribution < 1.29 is 9.26 Å². The second kappa shape index (κ2) is 8.62. The lowest BCUT2D eigenvalue weighted by atomic mass is 10.2. The number of morpholine rings is 1. The minimum atomic E-state index is 0.568. The Morgan fingerprint density at radius 1 is 0.969 bits per heavy atom. The number of anilines is 1. The van der Waals surface area contributed by atoms with Crippen LogP contribution in [0.2, 0.25) is 0 Å². The van der Waals surface area contributed by atoms with Crippen molar-refractivity contribution in [3.63, 3.8) is 0 Å². The summed E-state index contributed by atoms with van der Waals surface area (Å²) in [6.45, 7) is 8.55. The minimum Gasteiger partial charge on any atom is -0.378 e. The molecule has 0 aromatic carbocycles. The maximum Gasteiger partial charge on any atom is 0.228 e. The van der Waals surface area contributed by atoms with Crippen molar-refractivity contribution >= 4 is 17.1 Å². The average Bonchev–Trinajstić information content (AvgIpc) is 3.32. The van der Waals surface area contributed by atoms with Gasteiger partial charge in [0.15, 0.2) is 11.4 Å². The van der Waals surface area contributed by atoms with Crippen LogP contribution in [0.5, 0.6) is 0 Å². The number of hydrogen-bond donors (Lipinski definition) is 0. The summed E-state index contributed by atoms with van der Waals surface area (Å²) in [7, 11) is 0. The topological polar surface area (TPSA) is 108 Å². The van der Waals surface area contributed by atoms with Crippen molar-refractivity contribution in [3.8, 4) is 11.5 Å². The third kappa shape index (κ3) is 4.31. The van der Waals surface area contributed by atoms with Crippen molar-refractivity contribution in [2.45, 2.75) is 39.7 Å². The predicted molar refractivity (Wildman–Crippen MR) is 118 cm³/mol. The highest BCUT2D eigenvalue weighted by atomic mass is 16.5. The molecule has 4 aromatic heterocycles. The highest BCUT2D eigenvalue weighted by molar-refractivity contribution is 5.86. The van der Waals surface area contributed by atoms with Gasteiger partial charge in [-0.15, -0.1) is 0 Å². The van der Waals surface area contributed by atoms with Gasteiger partial charge in [0.2, 0.25) is 5.95 Å². The molecule has 1 aliphatic heterocycles. The van der Waals surface area contributed by atoms with E-state index in [1.807, 2.05) is 50.0 Å². The summed E-state index contributed by atoms with van der Waals surface area (Å²) in [4.78, 5) is 20.6. The summed E-state index contributed by atoms with van der Waals surface area (Å²) in [6.07, 6.45) is 6.50. The maximum atomic E-state index is 5.42. The summed E-state index contributed by atoms with van der Waals surface area (Å²) in [5, 5.41) is 8.06. The van der Waals surface area contributed by atoms with Crippen molar-refractivity contribution in [1.82, 2.24) is 34.9 Å². The summed E-state index contributed by atoms with van der Waals surface area (Å²) in [6, 6.07) is 4.56. The Morgan fingerprint density at radius 3 is 2.41 bits per heavy atom. The second-order valence-corrected chi connectivity index (χ2v) is 8.09. The molecule has 1 saturated heterocycles. The van der Waals surface area contributed by atoms with Gasteiger partial charge in [0, 0.05) is 31.5 Å². The van der Waals surface area contributed by atoms with E-state index in [1.54, 1.807) is 0 Å². The molecule has 2 fully saturated rings. The van der Waals surface area contributed by atoms with Gasteiger partial charge < -0.3 is 14.2 Å². The predicted octanol–water partition coefficient (Wildman–Crippen LogP) is 3.05. The van der Waals surface area contributed by atoms with Crippen LogP contribution in [0.1, 0.15) is 36.0 Å². The first-order valence-corrected chi connectivity index (χ1v) is 10.9. The molecule has 5 heterocycles. The van der Waals surface area contributed by atoms with Crippen LogP contribution in [0.15, 0.2) is 29.0 Å². The highest BCUT2D eigenvalue weighted by Crippen LogP contribution is 2.33. The minimum absolute atomic E-state index is 0.568. The fourth-order valence-electron chi connectivity index (χ4n) is 3.49. The molecule has 0 amide bonds. The molecule has 1 aliphatic carbocycles. The molecule has 0 atom stereocenters. The van der Waals surface area contributed by atoms with E-state index >= 15 is 0 Å². The van der Waals surface area contributed by atoms with Gasteiger partial charge in [-0.25, -0.2) is 15.0 Å². The van der Waals surface area contributed by atoms with E-state index in [-0.39, 0.29) is 0 Å². The van der Waals surface area contributed by atoms with Gasteiger partial charge in [-0.2, -0.15) is 10.1 Å². The van der Waals surface area contributed by atoms with Gasteiger partial charge in [0.05, 0.1) is 36.3 Å². The Balaban J connectivity index is 0.000000225. The molecule has 10 nitrogen and oxygen atoms in total. The van der Waals surface area contributed by atoms with E-state index in [0.717, 1.165) is 36.2 Å². The number of aryl methyl sites for hydroxylation is 3. The molecule has 0 bridgehead atoms. The molecule has 32 heavy (non-hydrogen) atoms. The standard InChI is InChI=1S/C16H18N6O2.C6H8N2/c1-9-8-12(24-21-9)13-14-15(18-11(3)10(2)17-14)20-16(19-13)22-4-6-23-7-5-22;1-4-7-8(5-1)6-2-3-6/h8H,4-7H2,1-3H3;1,4-6H,2-3H2. The summed E-state index contributed by atoms with van der Waals surface area (Å²) in [5.74, 6) is 1.19. The molecule has 1 saturated carbocycles. The monoisotopic (exact) mass is 434 g/mol. The van der Waals surface area contributed by atoms with Crippen LogP contribution in [-0.2, 0) is 4.74 Å². The lowest BCUT2D eigenvalue weighted by Gasteiger charge is -2.27. The molecule has 0 unspecified atom stereocenters. The molecule has 10 heteroatoms. The smallest absolute Gasteiger partial charge is 0.228 e. The van der Waals surface area contributed by atoms with E-state index in [2.05, 4.69) is 30.1 Å². The number of nitrogens with zero attached hydrogens (tertiary/aromatic N) is 8. The van der Waals surface area contributed by atoms with Gasteiger partial charge in [-0.3, -0.25) is 4.68 Å². The summed E-state index contributed by atoms with van der Waals surface area (Å²) < 4.78 is 12.9. The van der Waals surface area contributed by atoms with Crippen molar-refractivity contribution in [2.75, 3.05) is 31.2 Å². The van der Waals surface area contributed by atoms with Crippen LogP contribution in [0.25, 0.3) is 22.6 Å². The number of fused-ring (bicyclic) bond motifs is 1. The molecule has 6 rings (SSSR count). The fraction of sp³-hybridized carbons (Fsp3) is 0.455. The number of ether oxygens (including phenoxy) is 1. The fourth-order valence-corrected chi connectivity index (χ4v) is 3.49. The Hall–Kier alpha value is -3.40. The molecule has 0 radical (unpaired) electrons. The van der Waals surface area contributed by atoms with Gasteiger partial charge in [-0.1, -0.05) is 5.16 Å². The second-order valence-electron chi connectivity index (χ2n) is 8.09. The van der Waals surface area contributed by atoms with E-state index < -0.39 is 0 Å². The Kier molecular flexibility index (Phi) is 5.52. The molecular formula is C22H26N8O2. The normalized spacial score (nSPS) is 16.2. The zero-order valence-electron chi connectivity index (χ0n) is 18.5. The Labute approximate surface area is 185 Å². The maximum absolute atomic E-state index is 5.42. The average molecular weight is 435 g/mol. The van der Waals surface area contributed by atoms with Crippen molar-refractivity contribution in [3.05, 3.63) is 41.6 Å².